The van der Waals surface area contributed by atoms with Gasteiger partial charge in [-0.3, -0.25) is 14.9 Å². The minimum absolute atomic E-state index is 0.0763. The first-order chi connectivity index (χ1) is 12.0. The molecule has 2 aromatic carbocycles. The Morgan fingerprint density at radius 1 is 1.16 bits per heavy atom. The average Bonchev–Trinajstić information content (AvgIpc) is 3.07. The Bertz CT molecular complexity index is 965. The van der Waals surface area contributed by atoms with E-state index in [-0.39, 0.29) is 17.2 Å². The summed E-state index contributed by atoms with van der Waals surface area (Å²) in [5.41, 5.74) is 1.81. The summed E-state index contributed by atoms with van der Waals surface area (Å²) in [6, 6.07) is 14.8. The van der Waals surface area contributed by atoms with Crippen molar-refractivity contribution >= 4 is 33.2 Å². The number of para-hydroxylation sites is 1. The molecule has 1 heterocycles. The maximum Gasteiger partial charge on any atom is 0.291 e. The number of nitrogens with one attached hydrogen (secondary N) is 1. The van der Waals surface area contributed by atoms with E-state index in [4.69, 9.17) is 4.42 Å². The molecule has 25 heavy (non-hydrogen) atoms. The largest absolute Gasteiger partial charge is 0.451 e. The summed E-state index contributed by atoms with van der Waals surface area (Å²) < 4.78 is 6.45. The fraction of sp³-hybridized carbons (Fsp3) is 0.0556. The zero-order valence-corrected chi connectivity index (χ0v) is 14.7. The molecule has 0 bridgehead atoms. The van der Waals surface area contributed by atoms with E-state index in [1.54, 1.807) is 30.3 Å². The van der Waals surface area contributed by atoms with E-state index in [2.05, 4.69) is 21.2 Å². The molecule has 0 spiro atoms. The molecule has 0 radical (unpaired) electrons. The summed E-state index contributed by atoms with van der Waals surface area (Å²) in [6.45, 7) is 1.88. The molecule has 0 atom stereocenters. The number of rotatable bonds is 4. The maximum absolute atomic E-state index is 12.4. The minimum atomic E-state index is -0.483. The molecule has 0 fully saturated rings. The second-order valence-electron chi connectivity index (χ2n) is 5.35. The third-order valence-electron chi connectivity index (χ3n) is 3.63. The van der Waals surface area contributed by atoms with Gasteiger partial charge in [-0.2, -0.15) is 0 Å². The van der Waals surface area contributed by atoms with Crippen molar-refractivity contribution in [2.24, 2.45) is 0 Å². The highest BCUT2D eigenvalue weighted by Crippen LogP contribution is 2.31. The fourth-order valence-electron chi connectivity index (χ4n) is 2.40. The number of amides is 1. The molecule has 7 heteroatoms. The van der Waals surface area contributed by atoms with Gasteiger partial charge in [-0.25, -0.2) is 0 Å². The maximum atomic E-state index is 12.4. The minimum Gasteiger partial charge on any atom is -0.451 e. The normalized spacial score (nSPS) is 10.5. The van der Waals surface area contributed by atoms with Crippen LogP contribution in [0.2, 0.25) is 0 Å². The van der Waals surface area contributed by atoms with Gasteiger partial charge in [-0.15, -0.1) is 0 Å². The zero-order chi connectivity index (χ0) is 18.0. The van der Waals surface area contributed by atoms with Gasteiger partial charge in [0.05, 0.1) is 10.5 Å². The Labute approximate surface area is 151 Å². The topological polar surface area (TPSA) is 85.4 Å². The van der Waals surface area contributed by atoms with Crippen LogP contribution < -0.4 is 5.32 Å². The number of anilines is 1. The second kappa shape index (κ2) is 6.90. The summed E-state index contributed by atoms with van der Waals surface area (Å²) in [5.74, 6) is -0.0734. The van der Waals surface area contributed by atoms with Crippen molar-refractivity contribution in [3.8, 4) is 11.3 Å². The van der Waals surface area contributed by atoms with Crippen molar-refractivity contribution in [2.75, 3.05) is 5.32 Å². The number of furan rings is 1. The van der Waals surface area contributed by atoms with E-state index in [0.717, 1.165) is 10.0 Å². The van der Waals surface area contributed by atoms with Crippen LogP contribution in [0.4, 0.5) is 11.4 Å². The van der Waals surface area contributed by atoms with Crippen LogP contribution >= 0.6 is 15.9 Å². The highest BCUT2D eigenvalue weighted by atomic mass is 79.9. The Morgan fingerprint density at radius 2 is 1.92 bits per heavy atom. The van der Waals surface area contributed by atoms with Crippen LogP contribution in [0.5, 0.6) is 0 Å². The number of benzene rings is 2. The van der Waals surface area contributed by atoms with Crippen molar-refractivity contribution in [3.05, 3.63) is 80.5 Å². The molecule has 126 valence electrons. The molecule has 0 unspecified atom stereocenters. The molecule has 0 saturated heterocycles. The SMILES string of the molecule is Cc1cc(Br)ccc1NC(=O)c1ccc(-c2ccccc2[N+](=O)[O-])o1. The molecule has 1 amide bonds. The number of nitro groups is 1. The fourth-order valence-corrected chi connectivity index (χ4v) is 2.87. The number of aryl methyl sites for hydroxylation is 1. The zero-order valence-electron chi connectivity index (χ0n) is 13.2. The lowest BCUT2D eigenvalue weighted by molar-refractivity contribution is -0.384. The first-order valence-corrected chi connectivity index (χ1v) is 8.16. The number of hydrogen-bond donors (Lipinski definition) is 1. The predicted octanol–water partition coefficient (Wildman–Crippen LogP) is 5.18. The van der Waals surface area contributed by atoms with Crippen molar-refractivity contribution in [3.63, 3.8) is 0 Å². The van der Waals surface area contributed by atoms with Crippen molar-refractivity contribution < 1.29 is 14.1 Å². The lowest BCUT2D eigenvalue weighted by atomic mass is 10.1. The van der Waals surface area contributed by atoms with Crippen molar-refractivity contribution in [2.45, 2.75) is 6.92 Å². The summed E-state index contributed by atoms with van der Waals surface area (Å²) in [7, 11) is 0. The molecule has 1 N–H and O–H groups in total. The Balaban J connectivity index is 1.86. The predicted molar refractivity (Wildman–Crippen MR) is 97.6 cm³/mol. The number of halogens is 1. The van der Waals surface area contributed by atoms with E-state index in [1.165, 1.54) is 12.1 Å². The van der Waals surface area contributed by atoms with Crippen LogP contribution in [0, 0.1) is 17.0 Å². The number of nitrogens with zero attached hydrogens (tertiary/aromatic N) is 1. The summed E-state index contributed by atoms with van der Waals surface area (Å²) in [6.07, 6.45) is 0. The van der Waals surface area contributed by atoms with E-state index >= 15 is 0 Å². The van der Waals surface area contributed by atoms with Crippen LogP contribution in [0.1, 0.15) is 16.1 Å². The highest BCUT2D eigenvalue weighted by Gasteiger charge is 2.19. The van der Waals surface area contributed by atoms with Crippen LogP contribution in [0.3, 0.4) is 0 Å². The van der Waals surface area contributed by atoms with E-state index < -0.39 is 10.8 Å². The third kappa shape index (κ3) is 3.61. The highest BCUT2D eigenvalue weighted by molar-refractivity contribution is 9.10. The summed E-state index contributed by atoms with van der Waals surface area (Å²) >= 11 is 3.37. The quantitative estimate of drug-likeness (QED) is 0.482. The number of nitro benzene ring substituents is 1. The summed E-state index contributed by atoms with van der Waals surface area (Å²) in [4.78, 5) is 23.0. The van der Waals surface area contributed by atoms with Crippen LogP contribution in [0.25, 0.3) is 11.3 Å². The molecule has 1 aromatic heterocycles. The van der Waals surface area contributed by atoms with Gasteiger partial charge in [0, 0.05) is 16.2 Å². The number of hydrogen-bond acceptors (Lipinski definition) is 4. The van der Waals surface area contributed by atoms with E-state index in [9.17, 15) is 14.9 Å². The van der Waals surface area contributed by atoms with Crippen LogP contribution in [0.15, 0.2) is 63.5 Å². The van der Waals surface area contributed by atoms with Crippen molar-refractivity contribution in [1.29, 1.82) is 0 Å². The van der Waals surface area contributed by atoms with Gasteiger partial charge in [0.1, 0.15) is 5.76 Å². The third-order valence-corrected chi connectivity index (χ3v) is 4.13. The van der Waals surface area contributed by atoms with Crippen LogP contribution in [-0.4, -0.2) is 10.8 Å². The molecule has 0 aliphatic heterocycles. The average molecular weight is 401 g/mol. The smallest absolute Gasteiger partial charge is 0.291 e. The Morgan fingerprint density at radius 3 is 2.64 bits per heavy atom. The van der Waals surface area contributed by atoms with Gasteiger partial charge < -0.3 is 9.73 Å². The molecule has 3 rings (SSSR count). The Kier molecular flexibility index (Phi) is 4.67. The molecular formula is C18H13BrN2O4. The monoisotopic (exact) mass is 400 g/mol. The van der Waals surface area contributed by atoms with E-state index in [1.807, 2.05) is 19.1 Å². The first-order valence-electron chi connectivity index (χ1n) is 7.37. The number of carbonyl (C=O) groups is 1. The van der Waals surface area contributed by atoms with E-state index in [0.29, 0.717) is 11.3 Å². The molecular weight excluding hydrogens is 388 g/mol. The van der Waals surface area contributed by atoms with Gasteiger partial charge in [0.15, 0.2) is 5.76 Å². The van der Waals surface area contributed by atoms with Crippen LogP contribution in [-0.2, 0) is 0 Å². The second-order valence-corrected chi connectivity index (χ2v) is 6.27. The standard InChI is InChI=1S/C18H13BrN2O4/c1-11-10-12(19)6-7-14(11)20-18(22)17-9-8-16(25-17)13-4-2-3-5-15(13)21(23)24/h2-10H,1H3,(H,20,22). The van der Waals surface area contributed by atoms with Gasteiger partial charge in [0.25, 0.3) is 11.6 Å². The lowest BCUT2D eigenvalue weighted by Crippen LogP contribution is -2.11. The molecule has 3 aromatic rings. The number of carbonyl (C=O) groups excluding carboxylic acids is 1. The van der Waals surface area contributed by atoms with Gasteiger partial charge >= 0.3 is 0 Å². The van der Waals surface area contributed by atoms with Gasteiger partial charge in [0.2, 0.25) is 0 Å². The Hall–Kier alpha value is -2.93. The molecule has 0 aliphatic rings. The first kappa shape index (κ1) is 16.9. The van der Waals surface area contributed by atoms with Gasteiger partial charge in [-0.1, -0.05) is 28.1 Å². The lowest BCUT2D eigenvalue weighted by Gasteiger charge is -2.07. The van der Waals surface area contributed by atoms with Crippen molar-refractivity contribution in [1.82, 2.24) is 0 Å². The summed E-state index contributed by atoms with van der Waals surface area (Å²) in [5, 5.41) is 13.9. The molecule has 0 saturated carbocycles. The molecule has 6 nitrogen and oxygen atoms in total. The van der Waals surface area contributed by atoms with Gasteiger partial charge in [-0.05, 0) is 48.9 Å². The molecule has 0 aliphatic carbocycles.